The molecule has 3 N–H and O–H groups in total. The Bertz CT molecular complexity index is 657. The van der Waals surface area contributed by atoms with Gasteiger partial charge in [-0.15, -0.1) is 11.8 Å². The second kappa shape index (κ2) is 8.82. The van der Waals surface area contributed by atoms with Gasteiger partial charge >= 0.3 is 5.97 Å². The second-order valence-corrected chi connectivity index (χ2v) is 6.77. The van der Waals surface area contributed by atoms with Crippen LogP contribution in [0.3, 0.4) is 0 Å². The molecule has 9 heteroatoms. The topological polar surface area (TPSA) is 105 Å². The number of nitrogens with one attached hydrogen (secondary N) is 2. The molecule has 3 atom stereocenters. The number of carbonyl (C=O) groups excluding carboxylic acids is 2. The molecule has 25 heavy (non-hydrogen) atoms. The lowest BCUT2D eigenvalue weighted by Crippen LogP contribution is -2.57. The number of carboxylic acid groups (broad SMARTS) is 1. The minimum absolute atomic E-state index is 0.176. The van der Waals surface area contributed by atoms with Gasteiger partial charge in [-0.05, 0) is 18.1 Å². The Labute approximate surface area is 148 Å². The quantitative estimate of drug-likeness (QED) is 0.633. The maximum absolute atomic E-state index is 13.7. The summed E-state index contributed by atoms with van der Waals surface area (Å²) in [5.74, 6) is -2.29. The molecule has 1 saturated heterocycles. The zero-order valence-electron chi connectivity index (χ0n) is 13.5. The van der Waals surface area contributed by atoms with E-state index in [4.69, 9.17) is 9.84 Å². The third-order valence-electron chi connectivity index (χ3n) is 3.70. The second-order valence-electron chi connectivity index (χ2n) is 5.53. The summed E-state index contributed by atoms with van der Waals surface area (Å²) in [6.07, 6.45) is 0.221. The van der Waals surface area contributed by atoms with Crippen LogP contribution in [-0.4, -0.2) is 59.7 Å². The highest BCUT2D eigenvalue weighted by atomic mass is 32.2. The van der Waals surface area contributed by atoms with Gasteiger partial charge in [-0.25, -0.2) is 9.18 Å². The largest absolute Gasteiger partial charge is 0.480 e. The zero-order chi connectivity index (χ0) is 18.4. The highest BCUT2D eigenvalue weighted by molar-refractivity contribution is 8.00. The number of thioether (sulfide) groups is 1. The molecule has 0 aliphatic carbocycles. The van der Waals surface area contributed by atoms with E-state index in [2.05, 4.69) is 10.6 Å². The van der Waals surface area contributed by atoms with Crippen molar-refractivity contribution in [2.45, 2.75) is 23.8 Å². The first-order chi connectivity index (χ1) is 11.9. The third-order valence-corrected chi connectivity index (χ3v) is 5.01. The molecule has 136 valence electrons. The fourth-order valence-corrected chi connectivity index (χ4v) is 3.54. The molecule has 0 aromatic heterocycles. The third kappa shape index (κ3) is 5.17. The Morgan fingerprint density at radius 2 is 2.20 bits per heavy atom. The summed E-state index contributed by atoms with van der Waals surface area (Å²) in [4.78, 5) is 35.4. The molecule has 2 rings (SSSR count). The predicted octanol–water partition coefficient (Wildman–Crippen LogP) is 0.184. The normalized spacial score (nSPS) is 21.3. The molecular weight excluding hydrogens is 351 g/mol. The molecule has 1 aromatic carbocycles. The van der Waals surface area contributed by atoms with Crippen LogP contribution in [0.4, 0.5) is 4.39 Å². The highest BCUT2D eigenvalue weighted by Gasteiger charge is 2.34. The lowest BCUT2D eigenvalue weighted by Gasteiger charge is -2.29. The van der Waals surface area contributed by atoms with E-state index in [-0.39, 0.29) is 30.5 Å². The van der Waals surface area contributed by atoms with Crippen LogP contribution in [-0.2, 0) is 25.5 Å². The zero-order valence-corrected chi connectivity index (χ0v) is 14.3. The molecule has 0 radical (unpaired) electrons. The van der Waals surface area contributed by atoms with Crippen LogP contribution < -0.4 is 10.6 Å². The Balaban J connectivity index is 1.92. The molecule has 1 heterocycles. The Morgan fingerprint density at radius 3 is 2.80 bits per heavy atom. The van der Waals surface area contributed by atoms with Crippen molar-refractivity contribution in [1.29, 1.82) is 0 Å². The lowest BCUT2D eigenvalue weighted by atomic mass is 10.1. The van der Waals surface area contributed by atoms with E-state index >= 15 is 0 Å². The fraction of sp³-hybridized carbons (Fsp3) is 0.438. The summed E-state index contributed by atoms with van der Waals surface area (Å²) >= 11 is 1.24. The van der Waals surface area contributed by atoms with Crippen molar-refractivity contribution in [3.8, 4) is 0 Å². The highest BCUT2D eigenvalue weighted by Crippen LogP contribution is 2.23. The first kappa shape index (κ1) is 19.2. The van der Waals surface area contributed by atoms with Gasteiger partial charge in [-0.1, -0.05) is 18.2 Å². The fourth-order valence-electron chi connectivity index (χ4n) is 2.36. The van der Waals surface area contributed by atoms with Gasteiger partial charge in [-0.3, -0.25) is 9.59 Å². The van der Waals surface area contributed by atoms with E-state index in [1.807, 2.05) is 0 Å². The SMILES string of the molecule is COCC(NC(=O)C1CSC(Cc2ccccc2F)C(=O)N1)C(=O)O. The van der Waals surface area contributed by atoms with Gasteiger partial charge in [0.1, 0.15) is 11.9 Å². The molecule has 2 amide bonds. The van der Waals surface area contributed by atoms with Crippen molar-refractivity contribution >= 4 is 29.5 Å². The number of benzene rings is 1. The molecule has 1 aliphatic rings. The van der Waals surface area contributed by atoms with E-state index in [0.29, 0.717) is 5.56 Å². The number of carbonyl (C=O) groups is 3. The van der Waals surface area contributed by atoms with Crippen LogP contribution in [0.25, 0.3) is 0 Å². The summed E-state index contributed by atoms with van der Waals surface area (Å²) in [5.41, 5.74) is 0.434. The van der Waals surface area contributed by atoms with Gasteiger partial charge in [-0.2, -0.15) is 0 Å². The van der Waals surface area contributed by atoms with Gasteiger partial charge in [0.15, 0.2) is 6.04 Å². The summed E-state index contributed by atoms with van der Waals surface area (Å²) in [6, 6.07) is 4.19. The van der Waals surface area contributed by atoms with E-state index in [9.17, 15) is 18.8 Å². The van der Waals surface area contributed by atoms with Crippen LogP contribution in [0.15, 0.2) is 24.3 Å². The minimum atomic E-state index is -1.22. The van der Waals surface area contributed by atoms with Gasteiger partial charge in [0.25, 0.3) is 0 Å². The molecular formula is C16H19FN2O5S. The Hall–Kier alpha value is -2.13. The first-order valence-corrected chi connectivity index (χ1v) is 8.64. The van der Waals surface area contributed by atoms with Crippen LogP contribution in [0, 0.1) is 5.82 Å². The number of hydrogen-bond donors (Lipinski definition) is 3. The van der Waals surface area contributed by atoms with Crippen LogP contribution in [0.1, 0.15) is 5.56 Å². The van der Waals surface area contributed by atoms with Gasteiger partial charge in [0, 0.05) is 12.9 Å². The number of halogens is 1. The van der Waals surface area contributed by atoms with Crippen LogP contribution >= 0.6 is 11.8 Å². The van der Waals surface area contributed by atoms with Gasteiger partial charge < -0.3 is 20.5 Å². The van der Waals surface area contributed by atoms with E-state index in [0.717, 1.165) is 0 Å². The van der Waals surface area contributed by atoms with Crippen molar-refractivity contribution in [3.63, 3.8) is 0 Å². The molecule has 0 saturated carbocycles. The Kier molecular flexibility index (Phi) is 6.77. The number of aliphatic carboxylic acids is 1. The van der Waals surface area contributed by atoms with Crippen LogP contribution in [0.5, 0.6) is 0 Å². The molecule has 3 unspecified atom stereocenters. The first-order valence-electron chi connectivity index (χ1n) is 7.60. The van der Waals surface area contributed by atoms with Gasteiger partial charge in [0.05, 0.1) is 11.9 Å². The van der Waals surface area contributed by atoms with Crippen molar-refractivity contribution in [2.24, 2.45) is 0 Å². The predicted molar refractivity (Wildman–Crippen MR) is 89.7 cm³/mol. The van der Waals surface area contributed by atoms with Crippen molar-refractivity contribution in [2.75, 3.05) is 19.5 Å². The number of hydrogen-bond acceptors (Lipinski definition) is 5. The minimum Gasteiger partial charge on any atom is -0.480 e. The smallest absolute Gasteiger partial charge is 0.328 e. The maximum atomic E-state index is 13.7. The summed E-state index contributed by atoms with van der Waals surface area (Å²) in [5, 5.41) is 13.4. The molecule has 1 fully saturated rings. The van der Waals surface area contributed by atoms with E-state index < -0.39 is 29.2 Å². The molecule has 7 nitrogen and oxygen atoms in total. The number of methoxy groups -OCH3 is 1. The summed E-state index contributed by atoms with van der Waals surface area (Å²) in [6.45, 7) is -0.176. The average Bonchev–Trinajstić information content (AvgIpc) is 2.58. The van der Waals surface area contributed by atoms with Gasteiger partial charge in [0.2, 0.25) is 11.8 Å². The molecule has 1 aromatic rings. The van der Waals surface area contributed by atoms with Crippen molar-refractivity contribution < 1.29 is 28.6 Å². The molecule has 1 aliphatic heterocycles. The standard InChI is InChI=1S/C16H19FN2O5S/c1-24-7-11(16(22)23)18-14(20)12-8-25-13(15(21)19-12)6-9-4-2-3-5-10(9)17/h2-5,11-13H,6-8H2,1H3,(H,18,20)(H,19,21)(H,22,23). The van der Waals surface area contributed by atoms with E-state index in [1.165, 1.54) is 24.9 Å². The number of carboxylic acids is 1. The number of rotatable bonds is 7. The van der Waals surface area contributed by atoms with Crippen LogP contribution in [0.2, 0.25) is 0 Å². The van der Waals surface area contributed by atoms with Crippen molar-refractivity contribution in [3.05, 3.63) is 35.6 Å². The number of ether oxygens (including phenoxy) is 1. The molecule has 0 spiro atoms. The van der Waals surface area contributed by atoms with Crippen molar-refractivity contribution in [1.82, 2.24) is 10.6 Å². The Morgan fingerprint density at radius 1 is 1.48 bits per heavy atom. The average molecular weight is 370 g/mol. The lowest BCUT2D eigenvalue weighted by molar-refractivity contribution is -0.143. The molecule has 0 bridgehead atoms. The monoisotopic (exact) mass is 370 g/mol. The number of amides is 2. The summed E-state index contributed by atoms with van der Waals surface area (Å²) < 4.78 is 18.4. The maximum Gasteiger partial charge on any atom is 0.328 e. The van der Waals surface area contributed by atoms with E-state index in [1.54, 1.807) is 18.2 Å². The summed E-state index contributed by atoms with van der Waals surface area (Å²) in [7, 11) is 1.33.